The highest BCUT2D eigenvalue weighted by molar-refractivity contribution is 5.95. The zero-order chi connectivity index (χ0) is 17.0. The third kappa shape index (κ3) is 8.32. The number of hydrogen-bond donors (Lipinski definition) is 1. The van der Waals surface area contributed by atoms with E-state index in [9.17, 15) is 14.4 Å². The molecule has 0 bridgehead atoms. The van der Waals surface area contributed by atoms with Gasteiger partial charge in [0.15, 0.2) is 5.92 Å². The average Bonchev–Trinajstić information content (AvgIpc) is 2.19. The van der Waals surface area contributed by atoms with Gasteiger partial charge < -0.3 is 14.6 Å². The quantitative estimate of drug-likeness (QED) is 0.619. The molecule has 6 nitrogen and oxygen atoms in total. The molecule has 0 aliphatic heterocycles. The van der Waals surface area contributed by atoms with Gasteiger partial charge in [-0.15, -0.1) is 0 Å². The molecule has 0 amide bonds. The van der Waals surface area contributed by atoms with Crippen LogP contribution in [0.4, 0.5) is 0 Å². The first-order valence-corrected chi connectivity index (χ1v) is 6.91. The van der Waals surface area contributed by atoms with E-state index in [1.807, 2.05) is 0 Å². The fraction of sp³-hybridized carbons (Fsp3) is 0.800. The van der Waals surface area contributed by atoms with Gasteiger partial charge in [-0.1, -0.05) is 6.92 Å². The molecular formula is C15H26O6. The summed E-state index contributed by atoms with van der Waals surface area (Å²) in [6.45, 7) is 11.5. The molecule has 0 aromatic heterocycles. The summed E-state index contributed by atoms with van der Waals surface area (Å²) in [6, 6.07) is 0. The predicted octanol–water partition coefficient (Wildman–Crippen LogP) is 2.40. The topological polar surface area (TPSA) is 89.9 Å². The highest BCUT2D eigenvalue weighted by Crippen LogP contribution is 2.22. The molecule has 0 fully saturated rings. The summed E-state index contributed by atoms with van der Waals surface area (Å²) in [5.74, 6) is -4.69. The fourth-order valence-corrected chi connectivity index (χ4v) is 1.49. The summed E-state index contributed by atoms with van der Waals surface area (Å²) in [4.78, 5) is 35.2. The zero-order valence-electron chi connectivity index (χ0n) is 13.9. The van der Waals surface area contributed by atoms with E-state index in [1.165, 1.54) is 6.92 Å². The minimum atomic E-state index is -1.24. The lowest BCUT2D eigenvalue weighted by atomic mass is 9.95. The summed E-state index contributed by atoms with van der Waals surface area (Å²) in [5, 5.41) is 8.96. The van der Waals surface area contributed by atoms with Crippen molar-refractivity contribution < 1.29 is 29.0 Å². The molecule has 1 atom stereocenters. The Labute approximate surface area is 125 Å². The molecule has 0 saturated carbocycles. The molecule has 0 aromatic carbocycles. The molecule has 0 saturated heterocycles. The Kier molecular flexibility index (Phi) is 6.39. The van der Waals surface area contributed by atoms with Crippen molar-refractivity contribution in [2.45, 2.75) is 66.1 Å². The number of rotatable bonds is 5. The van der Waals surface area contributed by atoms with Crippen LogP contribution in [0.25, 0.3) is 0 Å². The lowest BCUT2D eigenvalue weighted by molar-refractivity contribution is -0.175. The molecular weight excluding hydrogens is 276 g/mol. The van der Waals surface area contributed by atoms with Crippen molar-refractivity contribution >= 4 is 17.9 Å². The van der Waals surface area contributed by atoms with E-state index < -0.39 is 40.9 Å². The first kappa shape index (κ1) is 19.4. The highest BCUT2D eigenvalue weighted by Gasteiger charge is 2.37. The summed E-state index contributed by atoms with van der Waals surface area (Å²) in [6.07, 6.45) is -0.154. The van der Waals surface area contributed by atoms with Crippen molar-refractivity contribution in [1.82, 2.24) is 0 Å². The van der Waals surface area contributed by atoms with E-state index in [0.717, 1.165) is 0 Å². The van der Waals surface area contributed by atoms with E-state index in [2.05, 4.69) is 0 Å². The monoisotopic (exact) mass is 302 g/mol. The third-order valence-electron chi connectivity index (χ3n) is 2.39. The van der Waals surface area contributed by atoms with Gasteiger partial charge in [-0.3, -0.25) is 14.4 Å². The molecule has 21 heavy (non-hydrogen) atoms. The average molecular weight is 302 g/mol. The molecule has 0 spiro atoms. The number of carbonyl (C=O) groups excluding carboxylic acids is 2. The number of carboxylic acid groups (broad SMARTS) is 1. The SMILES string of the molecule is C[C@@H](CC(C(=O)OC(C)(C)C)C(=O)OC(C)(C)C)C(=O)O. The number of carboxylic acids is 1. The van der Waals surface area contributed by atoms with E-state index in [0.29, 0.717) is 0 Å². The maximum atomic E-state index is 12.1. The summed E-state index contributed by atoms with van der Waals surface area (Å²) in [5.41, 5.74) is -1.52. The van der Waals surface area contributed by atoms with Gasteiger partial charge in [0.25, 0.3) is 0 Å². The molecule has 0 unspecified atom stereocenters. The van der Waals surface area contributed by atoms with Gasteiger partial charge in [0.2, 0.25) is 0 Å². The summed E-state index contributed by atoms with van der Waals surface area (Å²) in [7, 11) is 0. The van der Waals surface area contributed by atoms with E-state index in [4.69, 9.17) is 14.6 Å². The minimum absolute atomic E-state index is 0.154. The number of esters is 2. The van der Waals surface area contributed by atoms with Gasteiger partial charge in [0.05, 0.1) is 5.92 Å². The molecule has 122 valence electrons. The standard InChI is InChI=1S/C15H26O6/c1-9(11(16)17)8-10(12(18)20-14(2,3)4)13(19)21-15(5,6)7/h9-10H,8H2,1-7H3,(H,16,17)/t9-/m0/s1. The Morgan fingerprint density at radius 2 is 1.24 bits per heavy atom. The van der Waals surface area contributed by atoms with Gasteiger partial charge in [-0.05, 0) is 48.0 Å². The van der Waals surface area contributed by atoms with Crippen LogP contribution in [-0.4, -0.2) is 34.2 Å². The second-order valence-corrected chi connectivity index (χ2v) is 7.09. The molecule has 0 aliphatic rings. The Balaban J connectivity index is 5.13. The Morgan fingerprint density at radius 3 is 1.48 bits per heavy atom. The second kappa shape index (κ2) is 6.91. The van der Waals surface area contributed by atoms with Crippen LogP contribution in [0.2, 0.25) is 0 Å². The van der Waals surface area contributed by atoms with Gasteiger partial charge in [-0.2, -0.15) is 0 Å². The molecule has 6 heteroatoms. The third-order valence-corrected chi connectivity index (χ3v) is 2.39. The van der Waals surface area contributed by atoms with E-state index in [1.54, 1.807) is 41.5 Å². The van der Waals surface area contributed by atoms with E-state index >= 15 is 0 Å². The van der Waals surface area contributed by atoms with Crippen LogP contribution in [0.5, 0.6) is 0 Å². The highest BCUT2D eigenvalue weighted by atomic mass is 16.6. The predicted molar refractivity (Wildman–Crippen MR) is 76.6 cm³/mol. The van der Waals surface area contributed by atoms with Crippen LogP contribution < -0.4 is 0 Å². The van der Waals surface area contributed by atoms with Crippen LogP contribution in [0.3, 0.4) is 0 Å². The first-order valence-electron chi connectivity index (χ1n) is 6.91. The van der Waals surface area contributed by atoms with Crippen molar-refractivity contribution in [1.29, 1.82) is 0 Å². The van der Waals surface area contributed by atoms with Crippen molar-refractivity contribution in [2.75, 3.05) is 0 Å². The number of hydrogen-bond acceptors (Lipinski definition) is 5. The minimum Gasteiger partial charge on any atom is -0.481 e. The van der Waals surface area contributed by atoms with Crippen molar-refractivity contribution in [3.63, 3.8) is 0 Å². The van der Waals surface area contributed by atoms with Gasteiger partial charge in [-0.25, -0.2) is 0 Å². The molecule has 0 rings (SSSR count). The van der Waals surface area contributed by atoms with Gasteiger partial charge >= 0.3 is 17.9 Å². The molecule has 0 heterocycles. The molecule has 0 radical (unpaired) electrons. The van der Waals surface area contributed by atoms with Crippen molar-refractivity contribution in [2.24, 2.45) is 11.8 Å². The van der Waals surface area contributed by atoms with Gasteiger partial charge in [0.1, 0.15) is 11.2 Å². The molecule has 1 N–H and O–H groups in total. The maximum absolute atomic E-state index is 12.1. The Bertz CT molecular complexity index is 371. The number of carbonyl (C=O) groups is 3. The Morgan fingerprint density at radius 1 is 0.905 bits per heavy atom. The van der Waals surface area contributed by atoms with Crippen molar-refractivity contribution in [3.05, 3.63) is 0 Å². The summed E-state index contributed by atoms with van der Waals surface area (Å²) >= 11 is 0. The summed E-state index contributed by atoms with van der Waals surface area (Å²) < 4.78 is 10.4. The van der Waals surface area contributed by atoms with Crippen molar-refractivity contribution in [3.8, 4) is 0 Å². The lowest BCUT2D eigenvalue weighted by Crippen LogP contribution is -2.38. The largest absolute Gasteiger partial charge is 0.481 e. The van der Waals surface area contributed by atoms with Gasteiger partial charge in [0, 0.05) is 0 Å². The fourth-order valence-electron chi connectivity index (χ4n) is 1.49. The maximum Gasteiger partial charge on any atom is 0.320 e. The normalized spacial score (nSPS) is 13.7. The molecule has 0 aliphatic carbocycles. The number of aliphatic carboxylic acids is 1. The van der Waals surface area contributed by atoms with Crippen LogP contribution in [0.1, 0.15) is 54.9 Å². The Hall–Kier alpha value is -1.59. The first-order chi connectivity index (χ1) is 9.23. The van der Waals surface area contributed by atoms with Crippen LogP contribution in [0.15, 0.2) is 0 Å². The van der Waals surface area contributed by atoms with Crippen LogP contribution in [-0.2, 0) is 23.9 Å². The molecule has 0 aromatic rings. The lowest BCUT2D eigenvalue weighted by Gasteiger charge is -2.26. The smallest absolute Gasteiger partial charge is 0.320 e. The van der Waals surface area contributed by atoms with Crippen LogP contribution in [0, 0.1) is 11.8 Å². The van der Waals surface area contributed by atoms with Crippen LogP contribution >= 0.6 is 0 Å². The van der Waals surface area contributed by atoms with E-state index in [-0.39, 0.29) is 6.42 Å². The number of ether oxygens (including phenoxy) is 2. The zero-order valence-corrected chi connectivity index (χ0v) is 13.9. The second-order valence-electron chi connectivity index (χ2n) is 7.09.